The topological polar surface area (TPSA) is 86.2 Å². The number of nitro benzene ring substituents is 1. The van der Waals surface area contributed by atoms with Crippen LogP contribution >= 0.6 is 23.4 Å². The van der Waals surface area contributed by atoms with E-state index in [1.807, 2.05) is 12.1 Å². The fourth-order valence-corrected chi connectivity index (χ4v) is 3.26. The van der Waals surface area contributed by atoms with Crippen LogP contribution in [0.25, 0.3) is 11.4 Å². The second-order valence-electron chi connectivity index (χ2n) is 4.95. The molecule has 0 saturated heterocycles. The highest BCUT2D eigenvalue weighted by Gasteiger charge is 2.20. The summed E-state index contributed by atoms with van der Waals surface area (Å²) < 4.78 is 1.61. The van der Waals surface area contributed by atoms with Gasteiger partial charge >= 0.3 is 0 Å². The summed E-state index contributed by atoms with van der Waals surface area (Å²) in [4.78, 5) is 11.3. The van der Waals surface area contributed by atoms with E-state index in [1.54, 1.807) is 29.1 Å². The molecule has 1 aliphatic rings. The van der Waals surface area contributed by atoms with Crippen LogP contribution in [0.5, 0.6) is 0 Å². The highest BCUT2D eigenvalue weighted by molar-refractivity contribution is 7.99. The molecule has 1 aromatic heterocycles. The lowest BCUT2D eigenvalue weighted by atomic mass is 10.2. The van der Waals surface area contributed by atoms with E-state index in [1.165, 1.54) is 23.9 Å². The third kappa shape index (κ3) is 2.55. The summed E-state index contributed by atoms with van der Waals surface area (Å²) in [5.74, 6) is 0.577. The standard InChI is InChI=1S/C15H8ClN5O2S/c16-11-3-1-9(2-4-11)14-18-19-15-20(14)17-8-10-7-12(21(22)23)5-6-13(10)24-15/h1-8H. The van der Waals surface area contributed by atoms with Gasteiger partial charge in [-0.2, -0.15) is 9.78 Å². The Morgan fingerprint density at radius 3 is 2.67 bits per heavy atom. The first-order valence-electron chi connectivity index (χ1n) is 6.84. The fourth-order valence-electron chi connectivity index (χ4n) is 2.27. The zero-order valence-electron chi connectivity index (χ0n) is 12.0. The summed E-state index contributed by atoms with van der Waals surface area (Å²) in [6.07, 6.45) is 1.58. The van der Waals surface area contributed by atoms with E-state index >= 15 is 0 Å². The molecule has 0 aliphatic carbocycles. The van der Waals surface area contributed by atoms with Crippen LogP contribution in [0.3, 0.4) is 0 Å². The summed E-state index contributed by atoms with van der Waals surface area (Å²) in [6.45, 7) is 0. The van der Waals surface area contributed by atoms with E-state index in [0.29, 0.717) is 21.6 Å². The average Bonchev–Trinajstić information content (AvgIpc) is 2.88. The van der Waals surface area contributed by atoms with Gasteiger partial charge in [-0.25, -0.2) is 0 Å². The van der Waals surface area contributed by atoms with E-state index in [4.69, 9.17) is 11.6 Å². The monoisotopic (exact) mass is 357 g/mol. The van der Waals surface area contributed by atoms with Crippen LogP contribution in [0.1, 0.15) is 5.56 Å². The number of halogens is 1. The molecule has 24 heavy (non-hydrogen) atoms. The maximum atomic E-state index is 10.9. The molecule has 118 valence electrons. The minimum Gasteiger partial charge on any atom is -0.258 e. The van der Waals surface area contributed by atoms with Gasteiger partial charge < -0.3 is 0 Å². The Hall–Kier alpha value is -2.71. The predicted molar refractivity (Wildman–Crippen MR) is 90.7 cm³/mol. The molecule has 1 aliphatic heterocycles. The first-order valence-corrected chi connectivity index (χ1v) is 8.03. The number of nitrogens with zero attached hydrogens (tertiary/aromatic N) is 5. The quantitative estimate of drug-likeness (QED) is 0.401. The van der Waals surface area contributed by atoms with Crippen molar-refractivity contribution in [2.75, 3.05) is 0 Å². The molecule has 9 heteroatoms. The predicted octanol–water partition coefficient (Wildman–Crippen LogP) is 3.85. The van der Waals surface area contributed by atoms with Crippen molar-refractivity contribution >= 4 is 35.3 Å². The van der Waals surface area contributed by atoms with Crippen LogP contribution in [-0.4, -0.2) is 26.0 Å². The van der Waals surface area contributed by atoms with E-state index in [0.717, 1.165) is 10.5 Å². The van der Waals surface area contributed by atoms with Gasteiger partial charge in [0, 0.05) is 33.2 Å². The summed E-state index contributed by atoms with van der Waals surface area (Å²) >= 11 is 7.27. The number of non-ortho nitro benzene ring substituents is 1. The zero-order valence-corrected chi connectivity index (χ0v) is 13.5. The van der Waals surface area contributed by atoms with Crippen molar-refractivity contribution in [2.24, 2.45) is 5.10 Å². The molecule has 2 aromatic carbocycles. The largest absolute Gasteiger partial charge is 0.270 e. The SMILES string of the molecule is O=[N+]([O-])c1ccc2c(c1)C=Nn1c(nnc1-c1ccc(Cl)cc1)S2. The highest BCUT2D eigenvalue weighted by atomic mass is 35.5. The van der Waals surface area contributed by atoms with Crippen molar-refractivity contribution in [2.45, 2.75) is 10.1 Å². The van der Waals surface area contributed by atoms with Crippen LogP contribution in [0.2, 0.25) is 5.02 Å². The number of aromatic nitrogens is 3. The molecule has 0 bridgehead atoms. The molecule has 0 atom stereocenters. The van der Waals surface area contributed by atoms with Gasteiger partial charge in [0.1, 0.15) is 0 Å². The van der Waals surface area contributed by atoms with Crippen LogP contribution in [-0.2, 0) is 0 Å². The molecule has 3 aromatic rings. The molecular weight excluding hydrogens is 350 g/mol. The number of benzene rings is 2. The lowest BCUT2D eigenvalue weighted by Gasteiger charge is -2.02. The second kappa shape index (κ2) is 5.73. The van der Waals surface area contributed by atoms with Gasteiger partial charge in [0.25, 0.3) is 5.69 Å². The number of hydrogen-bond donors (Lipinski definition) is 0. The van der Waals surface area contributed by atoms with Crippen molar-refractivity contribution in [1.82, 2.24) is 14.9 Å². The zero-order chi connectivity index (χ0) is 16.7. The molecule has 0 spiro atoms. The summed E-state index contributed by atoms with van der Waals surface area (Å²) in [5.41, 5.74) is 1.52. The molecular formula is C15H8ClN5O2S. The second-order valence-corrected chi connectivity index (χ2v) is 6.40. The third-order valence-corrected chi connectivity index (χ3v) is 4.71. The normalized spacial score (nSPS) is 12.4. The number of fused-ring (bicyclic) bond motifs is 2. The Morgan fingerprint density at radius 1 is 1.12 bits per heavy atom. The van der Waals surface area contributed by atoms with Gasteiger partial charge in [-0.3, -0.25) is 10.1 Å². The van der Waals surface area contributed by atoms with Crippen molar-refractivity contribution in [1.29, 1.82) is 0 Å². The van der Waals surface area contributed by atoms with E-state index in [2.05, 4.69) is 15.3 Å². The maximum Gasteiger partial charge on any atom is 0.270 e. The molecule has 2 heterocycles. The van der Waals surface area contributed by atoms with E-state index in [-0.39, 0.29) is 5.69 Å². The molecule has 0 N–H and O–H groups in total. The Morgan fingerprint density at radius 2 is 1.92 bits per heavy atom. The number of rotatable bonds is 2. The summed E-state index contributed by atoms with van der Waals surface area (Å²) in [6, 6.07) is 11.9. The number of hydrogen-bond acceptors (Lipinski definition) is 6. The highest BCUT2D eigenvalue weighted by Crippen LogP contribution is 2.34. The summed E-state index contributed by atoms with van der Waals surface area (Å²) in [7, 11) is 0. The fraction of sp³-hybridized carbons (Fsp3) is 0. The van der Waals surface area contributed by atoms with Crippen LogP contribution in [0.4, 0.5) is 5.69 Å². The van der Waals surface area contributed by atoms with Gasteiger partial charge in [-0.15, -0.1) is 10.2 Å². The third-order valence-electron chi connectivity index (χ3n) is 3.43. The van der Waals surface area contributed by atoms with Gasteiger partial charge in [-0.1, -0.05) is 11.6 Å². The molecule has 0 fully saturated rings. The average molecular weight is 358 g/mol. The van der Waals surface area contributed by atoms with Gasteiger partial charge in [0.05, 0.1) is 11.1 Å². The van der Waals surface area contributed by atoms with Gasteiger partial charge in [-0.05, 0) is 42.1 Å². The van der Waals surface area contributed by atoms with Gasteiger partial charge in [0.2, 0.25) is 5.16 Å². The Labute approximate surface area is 145 Å². The Kier molecular flexibility index (Phi) is 3.55. The van der Waals surface area contributed by atoms with Crippen LogP contribution in [0.15, 0.2) is 57.6 Å². The van der Waals surface area contributed by atoms with Crippen LogP contribution in [0, 0.1) is 10.1 Å². The minimum atomic E-state index is -0.428. The van der Waals surface area contributed by atoms with Crippen molar-refractivity contribution < 1.29 is 4.92 Å². The first kappa shape index (κ1) is 14.9. The molecule has 0 radical (unpaired) electrons. The van der Waals surface area contributed by atoms with Gasteiger partial charge in [0.15, 0.2) is 5.82 Å². The first-order chi connectivity index (χ1) is 11.6. The summed E-state index contributed by atoms with van der Waals surface area (Å²) in [5, 5.41) is 24.9. The van der Waals surface area contributed by atoms with Crippen molar-refractivity contribution in [3.63, 3.8) is 0 Å². The minimum absolute atomic E-state index is 0.0244. The molecule has 0 unspecified atom stereocenters. The number of nitro groups is 1. The molecule has 0 saturated carbocycles. The Balaban J connectivity index is 1.79. The lowest BCUT2D eigenvalue weighted by Crippen LogP contribution is -1.94. The molecule has 0 amide bonds. The van der Waals surface area contributed by atoms with E-state index < -0.39 is 4.92 Å². The Bertz CT molecular complexity index is 984. The lowest BCUT2D eigenvalue weighted by molar-refractivity contribution is -0.384. The molecule has 7 nitrogen and oxygen atoms in total. The van der Waals surface area contributed by atoms with E-state index in [9.17, 15) is 10.1 Å². The smallest absolute Gasteiger partial charge is 0.258 e. The van der Waals surface area contributed by atoms with Crippen molar-refractivity contribution in [3.8, 4) is 11.4 Å². The molecule has 4 rings (SSSR count). The maximum absolute atomic E-state index is 10.9. The van der Waals surface area contributed by atoms with Crippen molar-refractivity contribution in [3.05, 3.63) is 63.2 Å². The van der Waals surface area contributed by atoms with Crippen LogP contribution < -0.4 is 0 Å².